The minimum atomic E-state index is -4.45. The number of phosphoric acid groups is 1. The molecule has 0 spiro atoms. The molecule has 0 heterocycles. The van der Waals surface area contributed by atoms with Crippen molar-refractivity contribution in [1.82, 2.24) is 5.32 Å². The third-order valence-electron chi connectivity index (χ3n) is 12.9. The monoisotopic (exact) mass is 1040 g/mol. The minimum absolute atomic E-state index is 0.0328. The number of quaternary nitrogens is 1. The number of hydrogen-bond acceptors (Lipinski definition) is 6. The Morgan fingerprint density at radius 3 is 1.45 bits per heavy atom. The van der Waals surface area contributed by atoms with Crippen molar-refractivity contribution in [2.24, 2.45) is 0 Å². The Bertz CT molecular complexity index is 1530. The Kier molecular flexibility index (Phi) is 50.6. The van der Waals surface area contributed by atoms with Gasteiger partial charge in [0.1, 0.15) is 19.3 Å². The van der Waals surface area contributed by atoms with E-state index in [1.807, 2.05) is 33.3 Å². The summed E-state index contributed by atoms with van der Waals surface area (Å²) in [5, 5.41) is 3.04. The second-order valence-electron chi connectivity index (χ2n) is 21.2. The number of esters is 1. The molecule has 422 valence electrons. The summed E-state index contributed by atoms with van der Waals surface area (Å²) in [6.07, 6.45) is 68.6. The molecule has 2 N–H and O–H groups in total. The van der Waals surface area contributed by atoms with E-state index in [-0.39, 0.29) is 31.5 Å². The number of carbonyl (C=O) groups is 2. The zero-order valence-corrected chi connectivity index (χ0v) is 49.0. The lowest BCUT2D eigenvalue weighted by Crippen LogP contribution is -2.47. The fraction of sp³-hybridized carbons (Fsp3) is 0.746. The van der Waals surface area contributed by atoms with Crippen LogP contribution < -0.4 is 5.32 Å². The van der Waals surface area contributed by atoms with E-state index in [9.17, 15) is 19.0 Å². The average Bonchev–Trinajstić information content (AvgIpc) is 3.35. The smallest absolute Gasteiger partial charge is 0.456 e. The highest BCUT2D eigenvalue weighted by Gasteiger charge is 2.30. The van der Waals surface area contributed by atoms with Crippen LogP contribution in [0, 0.1) is 0 Å². The molecule has 0 aliphatic carbocycles. The van der Waals surface area contributed by atoms with Crippen molar-refractivity contribution in [3.05, 3.63) is 85.1 Å². The number of phosphoric ester groups is 1. The summed E-state index contributed by atoms with van der Waals surface area (Å²) in [5.74, 6) is -0.530. The maximum Gasteiger partial charge on any atom is 0.472 e. The van der Waals surface area contributed by atoms with Crippen molar-refractivity contribution in [2.75, 3.05) is 40.9 Å². The van der Waals surface area contributed by atoms with Crippen LogP contribution in [0.4, 0.5) is 0 Å². The quantitative estimate of drug-likeness (QED) is 0.0156. The molecule has 0 aromatic heterocycles. The van der Waals surface area contributed by atoms with E-state index < -0.39 is 20.0 Å². The molecular weight excluding hydrogens is 928 g/mol. The number of ether oxygens (including phenoxy) is 1. The summed E-state index contributed by atoms with van der Waals surface area (Å²) < 4.78 is 30.6. The van der Waals surface area contributed by atoms with Gasteiger partial charge in [-0.05, 0) is 89.5 Å². The van der Waals surface area contributed by atoms with Crippen LogP contribution >= 0.6 is 7.82 Å². The third kappa shape index (κ3) is 53.8. The van der Waals surface area contributed by atoms with Crippen LogP contribution in [0.5, 0.6) is 0 Å². The highest BCUT2D eigenvalue weighted by atomic mass is 31.2. The summed E-state index contributed by atoms with van der Waals surface area (Å²) in [6.45, 7) is 6.83. The van der Waals surface area contributed by atoms with E-state index in [1.165, 1.54) is 116 Å². The second kappa shape index (κ2) is 52.6. The molecular formula is C63H114N2O7P+. The van der Waals surface area contributed by atoms with Crippen molar-refractivity contribution in [2.45, 2.75) is 264 Å². The number of hydrogen-bond donors (Lipinski definition) is 2. The third-order valence-corrected chi connectivity index (χ3v) is 13.9. The Hall–Kier alpha value is -2.81. The predicted molar refractivity (Wildman–Crippen MR) is 314 cm³/mol. The molecule has 0 saturated heterocycles. The van der Waals surface area contributed by atoms with Crippen LogP contribution in [-0.2, 0) is 27.9 Å². The Labute approximate surface area is 450 Å². The van der Waals surface area contributed by atoms with E-state index in [0.29, 0.717) is 17.4 Å². The van der Waals surface area contributed by atoms with Crippen molar-refractivity contribution in [3.8, 4) is 0 Å². The first kappa shape index (κ1) is 70.2. The largest absolute Gasteiger partial charge is 0.472 e. The van der Waals surface area contributed by atoms with E-state index in [1.54, 1.807) is 0 Å². The first-order chi connectivity index (χ1) is 35.4. The van der Waals surface area contributed by atoms with Gasteiger partial charge >= 0.3 is 13.8 Å². The summed E-state index contributed by atoms with van der Waals surface area (Å²) in [5.41, 5.74) is 0. The zero-order valence-electron chi connectivity index (χ0n) is 48.1. The second-order valence-corrected chi connectivity index (χ2v) is 22.7. The van der Waals surface area contributed by atoms with Gasteiger partial charge < -0.3 is 19.4 Å². The van der Waals surface area contributed by atoms with Crippen LogP contribution in [-0.4, -0.2) is 74.3 Å². The van der Waals surface area contributed by atoms with Gasteiger partial charge in [0.25, 0.3) is 0 Å². The summed E-state index contributed by atoms with van der Waals surface area (Å²) in [4.78, 5) is 37.6. The predicted octanol–water partition coefficient (Wildman–Crippen LogP) is 18.2. The number of allylic oxidation sites excluding steroid dienone is 13. The molecule has 0 bridgehead atoms. The fourth-order valence-electron chi connectivity index (χ4n) is 8.24. The van der Waals surface area contributed by atoms with Gasteiger partial charge in [-0.15, -0.1) is 0 Å². The Morgan fingerprint density at radius 2 is 0.932 bits per heavy atom. The Balaban J connectivity index is 5.26. The van der Waals surface area contributed by atoms with Gasteiger partial charge in [-0.2, -0.15) is 0 Å². The van der Waals surface area contributed by atoms with Crippen LogP contribution in [0.3, 0.4) is 0 Å². The molecule has 0 aromatic carbocycles. The lowest BCUT2D eigenvalue weighted by molar-refractivity contribution is -0.870. The van der Waals surface area contributed by atoms with E-state index in [0.717, 1.165) is 103 Å². The van der Waals surface area contributed by atoms with Crippen LogP contribution in [0.15, 0.2) is 85.1 Å². The highest BCUT2D eigenvalue weighted by Crippen LogP contribution is 2.43. The Morgan fingerprint density at radius 1 is 0.507 bits per heavy atom. The summed E-state index contributed by atoms with van der Waals surface area (Å²) >= 11 is 0. The van der Waals surface area contributed by atoms with Crippen LogP contribution in [0.2, 0.25) is 0 Å². The van der Waals surface area contributed by atoms with Gasteiger partial charge in [-0.3, -0.25) is 18.6 Å². The first-order valence-electron chi connectivity index (χ1n) is 29.9. The lowest BCUT2D eigenvalue weighted by Gasteiger charge is -2.27. The molecule has 1 amide bonds. The van der Waals surface area contributed by atoms with Crippen LogP contribution in [0.1, 0.15) is 252 Å². The van der Waals surface area contributed by atoms with Gasteiger partial charge in [0, 0.05) is 12.8 Å². The maximum atomic E-state index is 13.5. The molecule has 0 aliphatic heterocycles. The molecule has 73 heavy (non-hydrogen) atoms. The number of unbranched alkanes of at least 4 members (excludes halogenated alkanes) is 27. The molecule has 0 radical (unpaired) electrons. The molecule has 0 rings (SSSR count). The highest BCUT2D eigenvalue weighted by molar-refractivity contribution is 7.47. The fourth-order valence-corrected chi connectivity index (χ4v) is 8.98. The van der Waals surface area contributed by atoms with Crippen molar-refractivity contribution in [3.63, 3.8) is 0 Å². The van der Waals surface area contributed by atoms with E-state index >= 15 is 0 Å². The molecule has 0 aromatic rings. The number of likely N-dealkylation sites (N-methyl/N-ethyl adjacent to an activating group) is 1. The summed E-state index contributed by atoms with van der Waals surface area (Å²) in [6, 6.07) is -0.861. The van der Waals surface area contributed by atoms with Gasteiger partial charge in [0.15, 0.2) is 0 Å². The number of nitrogens with zero attached hydrogens (tertiary/aromatic N) is 1. The number of nitrogens with one attached hydrogen (secondary N) is 1. The van der Waals surface area contributed by atoms with Crippen molar-refractivity contribution in [1.29, 1.82) is 0 Å². The summed E-state index contributed by atoms with van der Waals surface area (Å²) in [7, 11) is 1.47. The van der Waals surface area contributed by atoms with Gasteiger partial charge in [0.2, 0.25) is 5.91 Å². The number of rotatable bonds is 53. The zero-order chi connectivity index (χ0) is 53.6. The molecule has 0 aliphatic rings. The SMILES string of the molecule is CC/C=C/C=C/C=C/CCCCCCCCCC(=O)NC(COP(=O)(O)OCC[N+](C)(C)C)C(/C=C\CCCCCCCCCCC)OC(=O)CCCCCCCCCC/C=C\C/C=C\C/C=C\CCCCC. The number of carbonyl (C=O) groups excluding carboxylic acids is 2. The standard InChI is InChI=1S/C63H113N2O7P/c1-7-10-13-16-19-22-25-27-29-30-31-32-33-34-36-38-41-44-47-50-53-56-63(67)72-61(54-51-48-45-42-39-24-21-18-15-12-9-3)60(59-71-73(68,69)70-58-57-65(4,5)6)64-62(66)55-52-49-46-43-40-37-35-28-26-23-20-17-14-11-8-2/h11,14,17,19-20,22-23,26-27,29,31-32,51,54,60-61H,7-10,12-13,15-16,18,21,24-25,28,30,33-50,52-53,55-59H2,1-6H3,(H-,64,66,68,69)/p+1/b14-11+,20-17+,22-19-,26-23+,29-27-,32-31-,54-51-. The van der Waals surface area contributed by atoms with Gasteiger partial charge in [-0.1, -0.05) is 235 Å². The lowest BCUT2D eigenvalue weighted by atomic mass is 10.1. The average molecular weight is 1040 g/mol. The molecule has 0 fully saturated rings. The van der Waals surface area contributed by atoms with E-state index in [4.69, 9.17) is 13.8 Å². The normalized spacial score (nSPS) is 14.3. The van der Waals surface area contributed by atoms with Gasteiger partial charge in [-0.25, -0.2) is 4.57 Å². The molecule has 10 heteroatoms. The molecule has 0 saturated carbocycles. The van der Waals surface area contributed by atoms with Crippen LogP contribution in [0.25, 0.3) is 0 Å². The topological polar surface area (TPSA) is 111 Å². The number of amides is 1. The van der Waals surface area contributed by atoms with Crippen molar-refractivity contribution < 1.29 is 37.3 Å². The minimum Gasteiger partial charge on any atom is -0.456 e. The molecule has 3 unspecified atom stereocenters. The van der Waals surface area contributed by atoms with Gasteiger partial charge in [0.05, 0.1) is 33.8 Å². The maximum absolute atomic E-state index is 13.5. The first-order valence-corrected chi connectivity index (χ1v) is 31.4. The van der Waals surface area contributed by atoms with Crippen molar-refractivity contribution >= 4 is 19.7 Å². The molecule has 3 atom stereocenters. The molecule has 9 nitrogen and oxygen atoms in total. The van der Waals surface area contributed by atoms with E-state index in [2.05, 4.69) is 99.0 Å².